The summed E-state index contributed by atoms with van der Waals surface area (Å²) in [5, 5.41) is 6.86. The van der Waals surface area contributed by atoms with Crippen LogP contribution >= 0.6 is 0 Å². The summed E-state index contributed by atoms with van der Waals surface area (Å²) in [5.74, 6) is 4.23. The number of anilines is 2. The molecule has 0 saturated heterocycles. The third-order valence-electron chi connectivity index (χ3n) is 5.65. The summed E-state index contributed by atoms with van der Waals surface area (Å²) in [7, 11) is 0. The molecule has 1 aromatic heterocycles. The van der Waals surface area contributed by atoms with Crippen LogP contribution in [0.1, 0.15) is 44.1 Å². The zero-order valence-electron chi connectivity index (χ0n) is 10.8. The number of rotatable bonds is 2. The molecule has 4 nitrogen and oxygen atoms in total. The molecular weight excluding hydrogens is 224 g/mol. The summed E-state index contributed by atoms with van der Waals surface area (Å²) in [6.07, 6.45) is 9.67. The number of hydrogen-bond acceptors (Lipinski definition) is 3. The topological polar surface area (TPSA) is 80.7 Å². The molecule has 0 amide bonds. The lowest BCUT2D eigenvalue weighted by atomic mass is 9.48. The average Bonchev–Trinajstić information content (AvgIpc) is 2.58. The molecule has 4 heteroatoms. The van der Waals surface area contributed by atoms with E-state index in [0.717, 1.165) is 29.7 Å². The lowest BCUT2D eigenvalue weighted by molar-refractivity contribution is -0.0520. The number of aromatic nitrogens is 2. The zero-order valence-corrected chi connectivity index (χ0v) is 10.8. The number of hydrogen-bond donors (Lipinski definition) is 3. The van der Waals surface area contributed by atoms with Gasteiger partial charge in [-0.25, -0.2) is 0 Å². The Morgan fingerprint density at radius 3 is 2.06 bits per heavy atom. The summed E-state index contributed by atoms with van der Waals surface area (Å²) in [6, 6.07) is 0. The Morgan fingerprint density at radius 1 is 1.06 bits per heavy atom. The maximum Gasteiger partial charge on any atom is 0.150 e. The van der Waals surface area contributed by atoms with Crippen LogP contribution < -0.4 is 11.5 Å². The Bertz CT molecular complexity index is 421. The first-order valence-corrected chi connectivity index (χ1v) is 7.22. The van der Waals surface area contributed by atoms with Crippen molar-refractivity contribution in [2.45, 2.75) is 44.9 Å². The Morgan fingerprint density at radius 2 is 1.61 bits per heavy atom. The molecule has 0 radical (unpaired) electrons. The van der Waals surface area contributed by atoms with Crippen molar-refractivity contribution < 1.29 is 0 Å². The second-order valence-corrected chi connectivity index (χ2v) is 7.10. The van der Waals surface area contributed by atoms with Crippen LogP contribution in [0.15, 0.2) is 0 Å². The molecule has 4 aliphatic rings. The van der Waals surface area contributed by atoms with Gasteiger partial charge in [-0.1, -0.05) is 0 Å². The second-order valence-electron chi connectivity index (χ2n) is 7.10. The SMILES string of the molecule is Nc1n[nH]c(N)c1CC12CC3CC(CC(C3)C1)C2. The third-order valence-corrected chi connectivity index (χ3v) is 5.65. The Hall–Kier alpha value is -1.19. The summed E-state index contributed by atoms with van der Waals surface area (Å²) in [5.41, 5.74) is 13.5. The van der Waals surface area contributed by atoms with Gasteiger partial charge in [-0.2, -0.15) is 5.10 Å². The molecule has 4 aliphatic carbocycles. The van der Waals surface area contributed by atoms with E-state index in [1.54, 1.807) is 0 Å². The van der Waals surface area contributed by atoms with Gasteiger partial charge < -0.3 is 11.5 Å². The standard InChI is InChI=1S/C14H22N4/c15-12-11(13(16)18-17-12)7-14-4-8-1-9(5-14)3-10(2-8)6-14/h8-10H,1-7H2,(H5,15,16,17,18). The third kappa shape index (κ3) is 1.47. The van der Waals surface area contributed by atoms with Gasteiger partial charge in [0, 0.05) is 5.56 Å². The summed E-state index contributed by atoms with van der Waals surface area (Å²) >= 11 is 0. The molecular formula is C14H22N4. The number of nitrogens with one attached hydrogen (secondary N) is 1. The molecule has 4 fully saturated rings. The number of aromatic amines is 1. The van der Waals surface area contributed by atoms with Gasteiger partial charge in [0.15, 0.2) is 5.82 Å². The van der Waals surface area contributed by atoms with Crippen LogP contribution in [0.25, 0.3) is 0 Å². The van der Waals surface area contributed by atoms with E-state index in [9.17, 15) is 0 Å². The smallest absolute Gasteiger partial charge is 0.150 e. The van der Waals surface area contributed by atoms with E-state index >= 15 is 0 Å². The van der Waals surface area contributed by atoms with Crippen molar-refractivity contribution >= 4 is 11.6 Å². The Labute approximate surface area is 108 Å². The minimum atomic E-state index is 0.487. The highest BCUT2D eigenvalue weighted by atomic mass is 15.2. The maximum atomic E-state index is 5.97. The van der Waals surface area contributed by atoms with Crippen LogP contribution in [0, 0.1) is 23.2 Å². The van der Waals surface area contributed by atoms with Crippen molar-refractivity contribution in [3.8, 4) is 0 Å². The molecule has 18 heavy (non-hydrogen) atoms. The molecule has 0 aliphatic heterocycles. The second kappa shape index (κ2) is 3.43. The van der Waals surface area contributed by atoms with E-state index in [2.05, 4.69) is 10.2 Å². The van der Waals surface area contributed by atoms with E-state index < -0.39 is 0 Å². The highest BCUT2D eigenvalue weighted by molar-refractivity contribution is 5.53. The van der Waals surface area contributed by atoms with Gasteiger partial charge in [0.2, 0.25) is 0 Å². The minimum absolute atomic E-state index is 0.487. The molecule has 0 spiro atoms. The van der Waals surface area contributed by atoms with Gasteiger partial charge in [0.05, 0.1) is 0 Å². The molecule has 0 atom stereocenters. The van der Waals surface area contributed by atoms with E-state index in [0.29, 0.717) is 17.1 Å². The fraction of sp³-hybridized carbons (Fsp3) is 0.786. The van der Waals surface area contributed by atoms with Gasteiger partial charge in [0.1, 0.15) is 5.82 Å². The molecule has 0 unspecified atom stereocenters. The van der Waals surface area contributed by atoms with Crippen molar-refractivity contribution in [2.24, 2.45) is 23.2 Å². The van der Waals surface area contributed by atoms with Crippen LogP contribution in [0.5, 0.6) is 0 Å². The number of nitrogen functional groups attached to an aromatic ring is 2. The van der Waals surface area contributed by atoms with E-state index in [-0.39, 0.29) is 0 Å². The van der Waals surface area contributed by atoms with Crippen molar-refractivity contribution in [1.82, 2.24) is 10.2 Å². The molecule has 4 saturated carbocycles. The lowest BCUT2D eigenvalue weighted by Gasteiger charge is -2.57. The normalized spacial score (nSPS) is 41.4. The van der Waals surface area contributed by atoms with Crippen LogP contribution in [-0.4, -0.2) is 10.2 Å². The van der Waals surface area contributed by atoms with E-state index in [1.165, 1.54) is 38.5 Å². The fourth-order valence-electron chi connectivity index (χ4n) is 5.46. The largest absolute Gasteiger partial charge is 0.384 e. The van der Waals surface area contributed by atoms with Crippen molar-refractivity contribution in [2.75, 3.05) is 11.5 Å². The molecule has 5 N–H and O–H groups in total. The summed E-state index contributed by atoms with van der Waals surface area (Å²) < 4.78 is 0. The monoisotopic (exact) mass is 246 g/mol. The van der Waals surface area contributed by atoms with Gasteiger partial charge >= 0.3 is 0 Å². The first kappa shape index (κ1) is 10.7. The Kier molecular flexibility index (Phi) is 2.04. The van der Waals surface area contributed by atoms with Gasteiger partial charge in [-0.15, -0.1) is 0 Å². The zero-order chi connectivity index (χ0) is 12.3. The lowest BCUT2D eigenvalue weighted by Crippen LogP contribution is -2.47. The van der Waals surface area contributed by atoms with Gasteiger partial charge in [0.25, 0.3) is 0 Å². The van der Waals surface area contributed by atoms with Crippen LogP contribution in [0.4, 0.5) is 11.6 Å². The number of nitrogens with zero attached hydrogens (tertiary/aromatic N) is 1. The Balaban J connectivity index is 1.64. The van der Waals surface area contributed by atoms with Crippen LogP contribution in [-0.2, 0) is 6.42 Å². The van der Waals surface area contributed by atoms with Crippen molar-refractivity contribution in [1.29, 1.82) is 0 Å². The number of nitrogens with two attached hydrogens (primary N) is 2. The summed E-state index contributed by atoms with van der Waals surface area (Å²) in [4.78, 5) is 0. The molecule has 1 aromatic rings. The fourth-order valence-corrected chi connectivity index (χ4v) is 5.46. The minimum Gasteiger partial charge on any atom is -0.384 e. The first-order chi connectivity index (χ1) is 8.63. The highest BCUT2D eigenvalue weighted by Gasteiger charge is 2.51. The van der Waals surface area contributed by atoms with Crippen molar-refractivity contribution in [3.05, 3.63) is 5.56 Å². The molecule has 1 heterocycles. The maximum absolute atomic E-state index is 5.97. The average molecular weight is 246 g/mol. The van der Waals surface area contributed by atoms with Crippen LogP contribution in [0.3, 0.4) is 0 Å². The predicted octanol–water partition coefficient (Wildman–Crippen LogP) is 2.33. The van der Waals surface area contributed by atoms with Gasteiger partial charge in [-0.05, 0) is 68.1 Å². The first-order valence-electron chi connectivity index (χ1n) is 7.22. The molecule has 0 aromatic carbocycles. The van der Waals surface area contributed by atoms with E-state index in [4.69, 9.17) is 11.5 Å². The highest BCUT2D eigenvalue weighted by Crippen LogP contribution is 2.61. The molecule has 98 valence electrons. The molecule has 4 bridgehead atoms. The van der Waals surface area contributed by atoms with Gasteiger partial charge in [-0.3, -0.25) is 5.10 Å². The summed E-state index contributed by atoms with van der Waals surface area (Å²) in [6.45, 7) is 0. The predicted molar refractivity (Wildman–Crippen MR) is 71.7 cm³/mol. The van der Waals surface area contributed by atoms with E-state index in [1.807, 2.05) is 0 Å². The number of H-pyrrole nitrogens is 1. The van der Waals surface area contributed by atoms with Crippen molar-refractivity contribution in [3.63, 3.8) is 0 Å². The quantitative estimate of drug-likeness (QED) is 0.749. The molecule has 5 rings (SSSR count). The van der Waals surface area contributed by atoms with Crippen LogP contribution in [0.2, 0.25) is 0 Å².